The molecule has 0 saturated heterocycles. The van der Waals surface area contributed by atoms with E-state index in [1.54, 1.807) is 13.2 Å². The van der Waals surface area contributed by atoms with E-state index in [2.05, 4.69) is 15.3 Å². The van der Waals surface area contributed by atoms with Gasteiger partial charge in [-0.2, -0.15) is 0 Å². The van der Waals surface area contributed by atoms with E-state index in [1.807, 2.05) is 72.8 Å². The maximum atomic E-state index is 13.2. The van der Waals surface area contributed by atoms with Gasteiger partial charge < -0.3 is 11.1 Å². The number of likely N-dealkylation sites (N-methyl/N-ethyl adjacent to an activating group) is 1. The molecule has 1 atom stereocenters. The highest BCUT2D eigenvalue weighted by Gasteiger charge is 2.49. The number of anilines is 1. The second kappa shape index (κ2) is 7.15. The first-order chi connectivity index (χ1) is 13.6. The quantitative estimate of drug-likeness (QED) is 0.722. The van der Waals surface area contributed by atoms with Crippen LogP contribution in [0.25, 0.3) is 0 Å². The highest BCUT2D eigenvalue weighted by molar-refractivity contribution is 6.09. The summed E-state index contributed by atoms with van der Waals surface area (Å²) in [5, 5.41) is 3.36. The molecule has 2 heterocycles. The molecule has 0 fully saturated rings. The summed E-state index contributed by atoms with van der Waals surface area (Å²) in [6.45, 7) is 0.585. The molecule has 6 heteroatoms. The van der Waals surface area contributed by atoms with E-state index in [1.165, 1.54) is 4.90 Å². The first kappa shape index (κ1) is 17.7. The minimum Gasteiger partial charge on any atom is -0.379 e. The average Bonchev–Trinajstić information content (AvgIpc) is 2.99. The number of guanidine groups is 1. The fourth-order valence-corrected chi connectivity index (χ4v) is 3.41. The third-order valence-electron chi connectivity index (χ3n) is 4.91. The number of nitrogens with one attached hydrogen (secondary N) is 1. The van der Waals surface area contributed by atoms with Gasteiger partial charge in [0.25, 0.3) is 5.91 Å². The molecule has 3 N–H and O–H groups in total. The fraction of sp³-hybridized carbons (Fsp3) is 0.136. The molecule has 28 heavy (non-hydrogen) atoms. The Morgan fingerprint density at radius 3 is 2.43 bits per heavy atom. The van der Waals surface area contributed by atoms with Gasteiger partial charge in [0.1, 0.15) is 0 Å². The van der Waals surface area contributed by atoms with E-state index < -0.39 is 5.54 Å². The number of carbonyl (C=O) groups is 1. The van der Waals surface area contributed by atoms with Crippen LogP contribution in [0.1, 0.15) is 16.8 Å². The number of hydrogen-bond donors (Lipinski definition) is 2. The molecule has 2 aromatic carbocycles. The normalized spacial score (nSPS) is 18.8. The number of nitrogens with two attached hydrogens (primary N) is 1. The lowest BCUT2D eigenvalue weighted by Gasteiger charge is -2.26. The van der Waals surface area contributed by atoms with Crippen molar-refractivity contribution in [2.24, 2.45) is 10.7 Å². The number of aliphatic imine (C=N–C) groups is 1. The number of aromatic nitrogens is 1. The maximum Gasteiger partial charge on any atom is 0.266 e. The van der Waals surface area contributed by atoms with Crippen molar-refractivity contribution in [2.45, 2.75) is 12.1 Å². The third-order valence-corrected chi connectivity index (χ3v) is 4.91. The molecule has 1 unspecified atom stereocenters. The largest absolute Gasteiger partial charge is 0.379 e. The highest BCUT2D eigenvalue weighted by atomic mass is 16.2. The van der Waals surface area contributed by atoms with Gasteiger partial charge in [0, 0.05) is 18.9 Å². The molecule has 0 spiro atoms. The van der Waals surface area contributed by atoms with Crippen LogP contribution < -0.4 is 11.1 Å². The average molecular weight is 371 g/mol. The Morgan fingerprint density at radius 1 is 1.00 bits per heavy atom. The van der Waals surface area contributed by atoms with Crippen molar-refractivity contribution in [1.29, 1.82) is 0 Å². The molecule has 0 aliphatic carbocycles. The van der Waals surface area contributed by atoms with Crippen molar-refractivity contribution in [1.82, 2.24) is 9.88 Å². The Balaban J connectivity index is 1.73. The van der Waals surface area contributed by atoms with Crippen LogP contribution in [-0.2, 0) is 16.9 Å². The van der Waals surface area contributed by atoms with Gasteiger partial charge in [-0.15, -0.1) is 0 Å². The van der Waals surface area contributed by atoms with Crippen molar-refractivity contribution < 1.29 is 4.79 Å². The zero-order valence-electron chi connectivity index (χ0n) is 15.5. The van der Waals surface area contributed by atoms with Crippen molar-refractivity contribution in [3.8, 4) is 0 Å². The van der Waals surface area contributed by atoms with E-state index in [0.717, 1.165) is 22.5 Å². The molecule has 1 aromatic heterocycles. The third kappa shape index (κ3) is 2.99. The highest BCUT2D eigenvalue weighted by Crippen LogP contribution is 2.39. The number of benzene rings is 2. The summed E-state index contributed by atoms with van der Waals surface area (Å²) in [7, 11) is 1.65. The molecule has 140 valence electrons. The lowest BCUT2D eigenvalue weighted by atomic mass is 9.82. The molecule has 0 saturated carbocycles. The monoisotopic (exact) mass is 371 g/mol. The van der Waals surface area contributed by atoms with Crippen LogP contribution in [0, 0.1) is 0 Å². The Morgan fingerprint density at radius 2 is 1.75 bits per heavy atom. The van der Waals surface area contributed by atoms with Crippen LogP contribution >= 0.6 is 0 Å². The molecular weight excluding hydrogens is 350 g/mol. The van der Waals surface area contributed by atoms with E-state index in [4.69, 9.17) is 5.73 Å². The lowest BCUT2D eigenvalue weighted by Crippen LogP contribution is -2.41. The predicted octanol–water partition coefficient (Wildman–Crippen LogP) is 2.72. The van der Waals surface area contributed by atoms with Gasteiger partial charge in [0.15, 0.2) is 11.5 Å². The summed E-state index contributed by atoms with van der Waals surface area (Å²) in [4.78, 5) is 23.6. The smallest absolute Gasteiger partial charge is 0.266 e. The number of nitrogens with zero attached hydrogens (tertiary/aromatic N) is 3. The van der Waals surface area contributed by atoms with Crippen LogP contribution in [0.3, 0.4) is 0 Å². The van der Waals surface area contributed by atoms with Gasteiger partial charge in [0.2, 0.25) is 0 Å². The predicted molar refractivity (Wildman–Crippen MR) is 110 cm³/mol. The van der Waals surface area contributed by atoms with Gasteiger partial charge >= 0.3 is 0 Å². The summed E-state index contributed by atoms with van der Waals surface area (Å²) in [6.07, 6.45) is 1.77. The summed E-state index contributed by atoms with van der Waals surface area (Å²) in [5.74, 6) is 0.0405. The summed E-state index contributed by atoms with van der Waals surface area (Å²) in [5.41, 5.74) is 8.22. The Bertz CT molecular complexity index is 1020. The van der Waals surface area contributed by atoms with E-state index in [-0.39, 0.29) is 11.9 Å². The fourth-order valence-electron chi connectivity index (χ4n) is 3.41. The SMILES string of the molecule is CN1C(=O)C(c2ccccc2)(c2cccc(NCc3ccccn3)c2)N=C1N. The Labute approximate surface area is 163 Å². The molecule has 3 aromatic rings. The zero-order valence-corrected chi connectivity index (χ0v) is 15.5. The molecular formula is C22H21N5O. The first-order valence-corrected chi connectivity index (χ1v) is 9.04. The Kier molecular flexibility index (Phi) is 4.53. The standard InChI is InChI=1S/C22H21N5O/c1-27-20(28)22(26-21(27)23,16-8-3-2-4-9-16)17-10-7-12-18(14-17)25-15-19-11-5-6-13-24-19/h2-14,25H,15H2,1H3,(H2,23,26). The van der Waals surface area contributed by atoms with Crippen molar-refractivity contribution >= 4 is 17.6 Å². The van der Waals surface area contributed by atoms with Crippen LogP contribution in [0.5, 0.6) is 0 Å². The van der Waals surface area contributed by atoms with Gasteiger partial charge in [-0.05, 0) is 35.4 Å². The zero-order chi connectivity index (χ0) is 19.6. The topological polar surface area (TPSA) is 83.6 Å². The first-order valence-electron chi connectivity index (χ1n) is 9.04. The van der Waals surface area contributed by atoms with Crippen LogP contribution in [-0.4, -0.2) is 28.8 Å². The summed E-state index contributed by atoms with van der Waals surface area (Å²) >= 11 is 0. The second-order valence-electron chi connectivity index (χ2n) is 6.67. The van der Waals surface area contributed by atoms with Crippen LogP contribution in [0.4, 0.5) is 5.69 Å². The van der Waals surface area contributed by atoms with Crippen molar-refractivity contribution in [3.63, 3.8) is 0 Å². The van der Waals surface area contributed by atoms with E-state index in [0.29, 0.717) is 6.54 Å². The number of hydrogen-bond acceptors (Lipinski definition) is 5. The number of amides is 1. The van der Waals surface area contributed by atoms with Crippen LogP contribution in [0.2, 0.25) is 0 Å². The summed E-state index contributed by atoms with van der Waals surface area (Å²) in [6, 6.07) is 23.1. The Hall–Kier alpha value is -3.67. The molecule has 0 bridgehead atoms. The van der Waals surface area contributed by atoms with Crippen molar-refractivity contribution in [3.05, 3.63) is 95.8 Å². The summed E-state index contributed by atoms with van der Waals surface area (Å²) < 4.78 is 0. The van der Waals surface area contributed by atoms with E-state index in [9.17, 15) is 4.79 Å². The van der Waals surface area contributed by atoms with Gasteiger partial charge in [-0.1, -0.05) is 48.5 Å². The molecule has 4 rings (SSSR count). The van der Waals surface area contributed by atoms with Gasteiger partial charge in [-0.3, -0.25) is 14.7 Å². The molecule has 6 nitrogen and oxygen atoms in total. The number of rotatable bonds is 5. The van der Waals surface area contributed by atoms with Crippen molar-refractivity contribution in [2.75, 3.05) is 12.4 Å². The minimum absolute atomic E-state index is 0.168. The van der Waals surface area contributed by atoms with Crippen LogP contribution in [0.15, 0.2) is 84.0 Å². The lowest BCUT2D eigenvalue weighted by molar-refractivity contribution is -0.129. The molecule has 1 amide bonds. The molecule has 1 aliphatic rings. The maximum absolute atomic E-state index is 13.2. The van der Waals surface area contributed by atoms with Gasteiger partial charge in [0.05, 0.1) is 12.2 Å². The second-order valence-corrected chi connectivity index (χ2v) is 6.67. The van der Waals surface area contributed by atoms with E-state index >= 15 is 0 Å². The molecule has 0 radical (unpaired) electrons. The van der Waals surface area contributed by atoms with Gasteiger partial charge in [-0.25, -0.2) is 4.99 Å². The number of carbonyl (C=O) groups excluding carboxylic acids is 1. The molecule has 1 aliphatic heterocycles. The minimum atomic E-state index is -1.18. The number of pyridine rings is 1.